The average molecular weight is 823 g/mol. The number of thioether (sulfide) groups is 2. The van der Waals surface area contributed by atoms with Crippen LogP contribution in [0.2, 0.25) is 0 Å². The highest BCUT2D eigenvalue weighted by molar-refractivity contribution is 8.25. The van der Waals surface area contributed by atoms with E-state index in [2.05, 4.69) is 6.58 Å². The van der Waals surface area contributed by atoms with Gasteiger partial charge < -0.3 is 28.4 Å². The molecule has 1 fully saturated rings. The molecule has 0 saturated heterocycles. The van der Waals surface area contributed by atoms with Crippen molar-refractivity contribution in [1.29, 1.82) is 0 Å². The minimum Gasteiger partial charge on any atom is -0.495 e. The summed E-state index contributed by atoms with van der Waals surface area (Å²) in [4.78, 5) is 78.4. The fourth-order valence-electron chi connectivity index (χ4n) is 6.93. The lowest BCUT2D eigenvalue weighted by molar-refractivity contribution is -0.158. The Kier molecular flexibility index (Phi) is 12.3. The number of esters is 4. The summed E-state index contributed by atoms with van der Waals surface area (Å²) in [6.07, 6.45) is 1.97. The van der Waals surface area contributed by atoms with Gasteiger partial charge in [0, 0.05) is 34.4 Å². The molecule has 298 valence electrons. The lowest BCUT2D eigenvalue weighted by Crippen LogP contribution is -2.30. The quantitative estimate of drug-likeness (QED) is 0.0551. The normalized spacial score (nSPS) is 17.6. The molecule has 0 spiro atoms. The molecule has 0 N–H and O–H groups in total. The summed E-state index contributed by atoms with van der Waals surface area (Å²) in [6.45, 7) is 4.71. The number of benzene rings is 4. The molecule has 1 aliphatic heterocycles. The molecule has 1 atom stereocenters. The highest BCUT2D eigenvalue weighted by atomic mass is 32.2. The first-order chi connectivity index (χ1) is 28.1. The van der Waals surface area contributed by atoms with Crippen molar-refractivity contribution in [2.45, 2.75) is 54.9 Å². The number of hydrogen-bond acceptors (Lipinski definition) is 14. The van der Waals surface area contributed by atoms with E-state index >= 15 is 0 Å². The van der Waals surface area contributed by atoms with Gasteiger partial charge in [0.05, 0.1) is 38.5 Å². The van der Waals surface area contributed by atoms with Crippen LogP contribution in [0.3, 0.4) is 0 Å². The van der Waals surface area contributed by atoms with E-state index in [1.807, 2.05) is 24.3 Å². The molecule has 0 radical (unpaired) electrons. The molecular formula is C44H38O12S2. The van der Waals surface area contributed by atoms with Crippen LogP contribution in [0.4, 0.5) is 0 Å². The van der Waals surface area contributed by atoms with Crippen LogP contribution in [-0.2, 0) is 28.7 Å². The Morgan fingerprint density at radius 3 is 1.84 bits per heavy atom. The zero-order chi connectivity index (χ0) is 40.9. The standard InChI is InChI=1S/C44H38O12S2/c1-4-33(45)53-23-28(54-34(46)5-2)22-52-26-18-20-27(21-19-26)55-42(49)24-14-16-25(17-15-24)43(50)56-39-32-13-9-8-12-31(32)38(51-3)40-41(39)58-44(57-40)35-36(47)29-10-6-7-11-30(29)37(35)48/h4,6-13,18-21,24-25,28H,1,5,14-17,22-23H2,2-3H3. The van der Waals surface area contributed by atoms with Crippen molar-refractivity contribution in [1.82, 2.24) is 0 Å². The van der Waals surface area contributed by atoms with Crippen LogP contribution in [0.25, 0.3) is 10.8 Å². The van der Waals surface area contributed by atoms with Gasteiger partial charge in [-0.15, -0.1) is 0 Å². The van der Waals surface area contributed by atoms with Crippen molar-refractivity contribution in [2.24, 2.45) is 11.8 Å². The number of methoxy groups -OCH3 is 1. The third-order valence-electron chi connectivity index (χ3n) is 9.94. The molecule has 4 aromatic rings. The van der Waals surface area contributed by atoms with Crippen LogP contribution in [0.1, 0.15) is 59.7 Å². The van der Waals surface area contributed by atoms with E-state index in [1.165, 1.54) is 23.5 Å². The Morgan fingerprint density at radius 1 is 0.741 bits per heavy atom. The summed E-state index contributed by atoms with van der Waals surface area (Å²) in [7, 11) is 1.56. The second kappa shape index (κ2) is 17.7. The number of fused-ring (bicyclic) bond motifs is 3. The highest BCUT2D eigenvalue weighted by Gasteiger charge is 2.41. The van der Waals surface area contributed by atoms with Gasteiger partial charge in [-0.05, 0) is 49.9 Å². The van der Waals surface area contributed by atoms with Crippen LogP contribution in [0.5, 0.6) is 23.0 Å². The van der Waals surface area contributed by atoms with Crippen molar-refractivity contribution >= 4 is 69.7 Å². The molecule has 3 aliphatic rings. The molecule has 0 aromatic heterocycles. The number of carbonyl (C=O) groups excluding carboxylic acids is 6. The zero-order valence-corrected chi connectivity index (χ0v) is 33.2. The summed E-state index contributed by atoms with van der Waals surface area (Å²) < 4.78 is 34.3. The van der Waals surface area contributed by atoms with Crippen LogP contribution in [-0.4, -0.2) is 61.9 Å². The molecule has 0 bridgehead atoms. The Labute approximate surface area is 342 Å². The number of ketones is 2. The first-order valence-corrected chi connectivity index (χ1v) is 20.3. The number of hydrogen-bond donors (Lipinski definition) is 0. The fourth-order valence-corrected chi connectivity index (χ4v) is 9.69. The van der Waals surface area contributed by atoms with E-state index in [4.69, 9.17) is 28.4 Å². The third-order valence-corrected chi connectivity index (χ3v) is 12.5. The smallest absolute Gasteiger partial charge is 0.330 e. The van der Waals surface area contributed by atoms with Gasteiger partial charge in [0.2, 0.25) is 0 Å². The van der Waals surface area contributed by atoms with E-state index in [1.54, 1.807) is 62.6 Å². The molecule has 58 heavy (non-hydrogen) atoms. The SMILES string of the molecule is C=CC(=O)OCC(COc1ccc(OC(=O)C2CCC(C(=O)Oc3c4c(c(OC)c5ccccc35)SC(=C3C(=O)c5ccccc5C3=O)S4)CC2)cc1)OC(=O)CC. The van der Waals surface area contributed by atoms with Crippen molar-refractivity contribution in [2.75, 3.05) is 20.3 Å². The second-order valence-corrected chi connectivity index (χ2v) is 15.9. The van der Waals surface area contributed by atoms with E-state index in [0.29, 0.717) is 79.2 Å². The number of Topliss-reactive ketones (excluding diaryl/α,β-unsaturated/α-hetero) is 2. The molecular weight excluding hydrogens is 785 g/mol. The van der Waals surface area contributed by atoms with Crippen LogP contribution in [0.15, 0.2) is 105 Å². The van der Waals surface area contributed by atoms with Gasteiger partial charge in [0.1, 0.15) is 30.5 Å². The predicted octanol–water partition coefficient (Wildman–Crippen LogP) is 8.08. The maximum absolute atomic E-state index is 13.8. The highest BCUT2D eigenvalue weighted by Crippen LogP contribution is 2.62. The van der Waals surface area contributed by atoms with E-state index in [-0.39, 0.29) is 36.8 Å². The predicted molar refractivity (Wildman–Crippen MR) is 214 cm³/mol. The Hall–Kier alpha value is -5.86. The lowest BCUT2D eigenvalue weighted by Gasteiger charge is -2.26. The number of carbonyl (C=O) groups is 6. The molecule has 1 heterocycles. The molecule has 0 amide bonds. The largest absolute Gasteiger partial charge is 0.495 e. The first-order valence-electron chi connectivity index (χ1n) is 18.7. The van der Waals surface area contributed by atoms with Gasteiger partial charge in [0.25, 0.3) is 0 Å². The van der Waals surface area contributed by atoms with E-state index < -0.39 is 41.8 Å². The number of ether oxygens (including phenoxy) is 6. The van der Waals surface area contributed by atoms with Gasteiger partial charge in [0.15, 0.2) is 23.4 Å². The Morgan fingerprint density at radius 2 is 1.28 bits per heavy atom. The Balaban J connectivity index is 0.982. The van der Waals surface area contributed by atoms with Crippen molar-refractivity contribution in [3.8, 4) is 23.0 Å². The monoisotopic (exact) mass is 822 g/mol. The van der Waals surface area contributed by atoms with Gasteiger partial charge in [-0.1, -0.05) is 85.6 Å². The summed E-state index contributed by atoms with van der Waals surface area (Å²) in [5, 5.41) is 1.37. The number of rotatable bonds is 13. The molecule has 12 nitrogen and oxygen atoms in total. The first kappa shape index (κ1) is 40.3. The zero-order valence-electron chi connectivity index (χ0n) is 31.6. The third kappa shape index (κ3) is 8.39. The fraction of sp³-hybridized carbons (Fsp3) is 0.273. The molecule has 14 heteroatoms. The maximum Gasteiger partial charge on any atom is 0.330 e. The van der Waals surface area contributed by atoms with Crippen LogP contribution >= 0.6 is 23.5 Å². The van der Waals surface area contributed by atoms with Crippen molar-refractivity contribution in [3.05, 3.63) is 106 Å². The molecule has 1 saturated carbocycles. The minimum atomic E-state index is -0.833. The van der Waals surface area contributed by atoms with Crippen LogP contribution in [0, 0.1) is 11.8 Å². The van der Waals surface area contributed by atoms with Crippen LogP contribution < -0.4 is 18.9 Å². The molecule has 7 rings (SSSR count). The van der Waals surface area contributed by atoms with Crippen molar-refractivity contribution < 1.29 is 57.2 Å². The minimum absolute atomic E-state index is 0.0772. The average Bonchev–Trinajstić information content (AvgIpc) is 3.79. The molecule has 4 aromatic carbocycles. The van der Waals surface area contributed by atoms with E-state index in [9.17, 15) is 28.8 Å². The molecule has 1 unspecified atom stereocenters. The van der Waals surface area contributed by atoms with Gasteiger partial charge >= 0.3 is 23.9 Å². The maximum atomic E-state index is 13.8. The molecule has 2 aliphatic carbocycles. The Bertz CT molecular complexity index is 2320. The lowest BCUT2D eigenvalue weighted by atomic mass is 9.82. The van der Waals surface area contributed by atoms with Crippen molar-refractivity contribution in [3.63, 3.8) is 0 Å². The summed E-state index contributed by atoms with van der Waals surface area (Å²) in [5.41, 5.74) is 0.823. The summed E-state index contributed by atoms with van der Waals surface area (Å²) in [5.74, 6) is -1.93. The summed E-state index contributed by atoms with van der Waals surface area (Å²) in [6, 6.07) is 20.5. The summed E-state index contributed by atoms with van der Waals surface area (Å²) >= 11 is 2.49. The number of allylic oxidation sites excluding steroid dienone is 1. The topological polar surface area (TPSA) is 158 Å². The van der Waals surface area contributed by atoms with Gasteiger partial charge in [-0.2, -0.15) is 0 Å². The van der Waals surface area contributed by atoms with Gasteiger partial charge in [-0.25, -0.2) is 4.79 Å². The van der Waals surface area contributed by atoms with Gasteiger partial charge in [-0.3, -0.25) is 24.0 Å². The second-order valence-electron chi connectivity index (χ2n) is 13.6. The van der Waals surface area contributed by atoms with E-state index in [0.717, 1.165) is 11.5 Å².